The van der Waals surface area contributed by atoms with Crippen LogP contribution in [0.4, 0.5) is 0 Å². The van der Waals surface area contributed by atoms with Gasteiger partial charge in [-0.1, -0.05) is 73.0 Å². The van der Waals surface area contributed by atoms with Gasteiger partial charge in [0, 0.05) is 35.1 Å². The van der Waals surface area contributed by atoms with E-state index < -0.39 is 11.8 Å². The summed E-state index contributed by atoms with van der Waals surface area (Å²) in [5.41, 5.74) is 6.34. The Morgan fingerprint density at radius 1 is 1.00 bits per heavy atom. The molecule has 3 atom stereocenters. The Hall–Kier alpha value is -2.14. The molecule has 10 heteroatoms. The van der Waals surface area contributed by atoms with Gasteiger partial charge in [0.2, 0.25) is 0 Å². The summed E-state index contributed by atoms with van der Waals surface area (Å²) in [6, 6.07) is 8.14. The van der Waals surface area contributed by atoms with Crippen molar-refractivity contribution in [2.75, 3.05) is 14.1 Å². The van der Waals surface area contributed by atoms with E-state index in [1.54, 1.807) is 37.6 Å². The van der Waals surface area contributed by atoms with Crippen molar-refractivity contribution in [2.24, 2.45) is 5.92 Å². The van der Waals surface area contributed by atoms with E-state index in [2.05, 4.69) is 41.2 Å². The summed E-state index contributed by atoms with van der Waals surface area (Å²) in [6.45, 7) is 0. The second kappa shape index (κ2) is 9.78. The number of benzene rings is 1. The van der Waals surface area contributed by atoms with Gasteiger partial charge in [0.25, 0.3) is 0 Å². The molecule has 2 heterocycles. The standard InChI is InChI=1S/C22H22N4O2S4/c1-25(21(29)17-11-13-7-3-5-9-15(13)31-17)23-19(27)20(28)24-26(2)22(30)18-12-14-8-4-6-10-16(14)32-18/h3-11,13,15,18H,12H2,1-2H3,(H,23,27)(H,24,28). The van der Waals surface area contributed by atoms with E-state index in [9.17, 15) is 9.59 Å². The van der Waals surface area contributed by atoms with Gasteiger partial charge >= 0.3 is 11.8 Å². The van der Waals surface area contributed by atoms with Crippen molar-refractivity contribution in [1.82, 2.24) is 20.9 Å². The highest BCUT2D eigenvalue weighted by molar-refractivity contribution is 8.06. The number of nitrogens with zero attached hydrogens (tertiary/aromatic N) is 2. The minimum Gasteiger partial charge on any atom is -0.280 e. The first-order valence-corrected chi connectivity index (χ1v) is 12.6. The third kappa shape index (κ3) is 4.93. The van der Waals surface area contributed by atoms with Gasteiger partial charge < -0.3 is 0 Å². The number of carbonyl (C=O) groups is 2. The van der Waals surface area contributed by atoms with Crippen molar-refractivity contribution in [3.63, 3.8) is 0 Å². The van der Waals surface area contributed by atoms with Crippen molar-refractivity contribution >= 4 is 69.8 Å². The number of hydrazine groups is 2. The first-order chi connectivity index (χ1) is 15.3. The molecule has 0 aromatic heterocycles. The fourth-order valence-corrected chi connectivity index (χ4v) is 6.65. The molecule has 0 radical (unpaired) electrons. The summed E-state index contributed by atoms with van der Waals surface area (Å²) in [4.78, 5) is 28.0. The lowest BCUT2D eigenvalue weighted by Crippen LogP contribution is -2.54. The monoisotopic (exact) mass is 502 g/mol. The molecule has 2 N–H and O–H groups in total. The predicted molar refractivity (Wildman–Crippen MR) is 138 cm³/mol. The minimum absolute atomic E-state index is 0.0315. The summed E-state index contributed by atoms with van der Waals surface area (Å²) < 4.78 is 0. The Balaban J connectivity index is 1.28. The highest BCUT2D eigenvalue weighted by Gasteiger charge is 2.31. The number of thiocarbonyl (C=S) groups is 2. The van der Waals surface area contributed by atoms with Gasteiger partial charge in [0.1, 0.15) is 9.98 Å². The van der Waals surface area contributed by atoms with Gasteiger partial charge in [-0.2, -0.15) is 0 Å². The first-order valence-electron chi connectivity index (χ1n) is 9.98. The minimum atomic E-state index is -0.812. The number of hydrogen-bond donors (Lipinski definition) is 2. The lowest BCUT2D eigenvalue weighted by molar-refractivity contribution is -0.142. The van der Waals surface area contributed by atoms with Crippen LogP contribution in [0, 0.1) is 5.92 Å². The Morgan fingerprint density at radius 2 is 1.69 bits per heavy atom. The van der Waals surface area contributed by atoms with Gasteiger partial charge in [-0.3, -0.25) is 30.5 Å². The number of thioether (sulfide) groups is 2. The van der Waals surface area contributed by atoms with Gasteiger partial charge in [-0.25, -0.2) is 0 Å². The molecule has 4 rings (SSSR count). The molecule has 6 nitrogen and oxygen atoms in total. The Morgan fingerprint density at radius 3 is 2.41 bits per heavy atom. The average Bonchev–Trinajstić information content (AvgIpc) is 3.41. The molecule has 3 unspecified atom stereocenters. The molecule has 0 saturated carbocycles. The lowest BCUT2D eigenvalue weighted by Gasteiger charge is -2.25. The molecular formula is C22H22N4O2S4. The number of nitrogens with one attached hydrogen (secondary N) is 2. The molecule has 0 fully saturated rings. The Kier molecular flexibility index (Phi) is 7.04. The van der Waals surface area contributed by atoms with Gasteiger partial charge in [0.15, 0.2) is 0 Å². The number of fused-ring (bicyclic) bond motifs is 2. The van der Waals surface area contributed by atoms with E-state index in [0.717, 1.165) is 11.3 Å². The normalized spacial score (nSPS) is 22.4. The van der Waals surface area contributed by atoms with Gasteiger partial charge in [-0.05, 0) is 18.1 Å². The van der Waals surface area contributed by atoms with Crippen molar-refractivity contribution in [3.05, 3.63) is 65.1 Å². The fourth-order valence-electron chi connectivity index (χ4n) is 3.57. The average molecular weight is 503 g/mol. The van der Waals surface area contributed by atoms with Gasteiger partial charge in [0.05, 0.1) is 5.25 Å². The molecule has 166 valence electrons. The van der Waals surface area contributed by atoms with Crippen LogP contribution in [0.1, 0.15) is 5.56 Å². The number of rotatable bonds is 2. The first kappa shape index (κ1) is 23.0. The third-order valence-corrected chi connectivity index (χ3v) is 9.23. The number of carbonyl (C=O) groups excluding carboxylic acids is 2. The predicted octanol–water partition coefficient (Wildman–Crippen LogP) is 3.03. The third-order valence-electron chi connectivity index (χ3n) is 5.24. The van der Waals surface area contributed by atoms with Crippen LogP contribution in [0.5, 0.6) is 0 Å². The van der Waals surface area contributed by atoms with E-state index in [-0.39, 0.29) is 5.25 Å². The molecule has 2 aliphatic heterocycles. The van der Waals surface area contributed by atoms with E-state index in [1.165, 1.54) is 20.5 Å². The summed E-state index contributed by atoms with van der Waals surface area (Å²) in [7, 11) is 3.28. The topological polar surface area (TPSA) is 64.7 Å². The number of hydrogen-bond acceptors (Lipinski definition) is 6. The van der Waals surface area contributed by atoms with Crippen molar-refractivity contribution in [3.8, 4) is 0 Å². The zero-order valence-electron chi connectivity index (χ0n) is 17.5. The molecule has 0 spiro atoms. The van der Waals surface area contributed by atoms with E-state index in [0.29, 0.717) is 21.1 Å². The maximum absolute atomic E-state index is 12.4. The van der Waals surface area contributed by atoms with Crippen LogP contribution in [0.15, 0.2) is 64.4 Å². The van der Waals surface area contributed by atoms with Crippen LogP contribution in [-0.2, 0) is 16.0 Å². The summed E-state index contributed by atoms with van der Waals surface area (Å²) >= 11 is 14.4. The smallest absolute Gasteiger partial charge is 0.280 e. The summed E-state index contributed by atoms with van der Waals surface area (Å²) in [5, 5.41) is 3.19. The van der Waals surface area contributed by atoms with Crippen LogP contribution in [0.25, 0.3) is 0 Å². The molecule has 0 saturated heterocycles. The zero-order valence-corrected chi connectivity index (χ0v) is 20.7. The molecule has 1 aromatic rings. The van der Waals surface area contributed by atoms with Crippen molar-refractivity contribution < 1.29 is 9.59 Å². The lowest BCUT2D eigenvalue weighted by atomic mass is 10.0. The largest absolute Gasteiger partial charge is 0.329 e. The second-order valence-corrected chi connectivity index (χ2v) is 10.8. The fraction of sp³-hybridized carbons (Fsp3) is 0.273. The number of likely N-dealkylation sites (N-methyl/N-ethyl adjacent to an activating group) is 1. The number of amides is 2. The Labute approximate surface area is 206 Å². The highest BCUT2D eigenvalue weighted by Crippen LogP contribution is 2.40. The maximum Gasteiger partial charge on any atom is 0.329 e. The van der Waals surface area contributed by atoms with E-state index in [1.807, 2.05) is 24.3 Å². The molecule has 1 aromatic carbocycles. The quantitative estimate of drug-likeness (QED) is 0.364. The van der Waals surface area contributed by atoms with Crippen LogP contribution in [0.2, 0.25) is 0 Å². The number of allylic oxidation sites excluding steroid dienone is 4. The van der Waals surface area contributed by atoms with Crippen LogP contribution >= 0.6 is 48.0 Å². The van der Waals surface area contributed by atoms with Gasteiger partial charge in [-0.15, -0.1) is 23.5 Å². The van der Waals surface area contributed by atoms with Crippen LogP contribution < -0.4 is 10.9 Å². The van der Waals surface area contributed by atoms with Crippen LogP contribution in [0.3, 0.4) is 0 Å². The maximum atomic E-state index is 12.4. The molecule has 2 amide bonds. The molecule has 32 heavy (non-hydrogen) atoms. The zero-order chi connectivity index (χ0) is 22.8. The highest BCUT2D eigenvalue weighted by atomic mass is 32.2. The van der Waals surface area contributed by atoms with Crippen molar-refractivity contribution in [1.29, 1.82) is 0 Å². The SMILES string of the molecule is CN(NC(=O)C(=O)NN(C)C(=S)C1Cc2ccccc2S1)C(=S)C1=CC2C=CC=CC2S1. The second-order valence-electron chi connectivity index (χ2n) is 7.52. The molecule has 1 aliphatic carbocycles. The van der Waals surface area contributed by atoms with Crippen LogP contribution in [-0.4, -0.2) is 56.4 Å². The molecule has 0 bridgehead atoms. The van der Waals surface area contributed by atoms with E-state index >= 15 is 0 Å². The molecule has 3 aliphatic rings. The summed E-state index contributed by atoms with van der Waals surface area (Å²) in [6.07, 6.45) is 11.2. The van der Waals surface area contributed by atoms with E-state index in [4.69, 9.17) is 24.4 Å². The Bertz CT molecular complexity index is 1040. The van der Waals surface area contributed by atoms with Crippen molar-refractivity contribution in [2.45, 2.75) is 21.8 Å². The molecular weight excluding hydrogens is 481 g/mol. The summed E-state index contributed by atoms with van der Waals surface area (Å²) in [5.74, 6) is -1.33.